The summed E-state index contributed by atoms with van der Waals surface area (Å²) in [4.78, 5) is 4.18. The van der Waals surface area contributed by atoms with Gasteiger partial charge in [0.15, 0.2) is 0 Å². The Morgan fingerprint density at radius 2 is 2.23 bits per heavy atom. The SMILES string of the molecule is CC.CNc1nccc2c1CCO2. The lowest BCUT2D eigenvalue weighted by Gasteiger charge is -2.02. The summed E-state index contributed by atoms with van der Waals surface area (Å²) in [5.74, 6) is 1.92. The molecule has 72 valence electrons. The summed E-state index contributed by atoms with van der Waals surface area (Å²) in [6, 6.07) is 1.91. The van der Waals surface area contributed by atoms with E-state index in [0.29, 0.717) is 0 Å². The molecule has 0 aromatic carbocycles. The van der Waals surface area contributed by atoms with Crippen LogP contribution in [0.25, 0.3) is 0 Å². The summed E-state index contributed by atoms with van der Waals surface area (Å²) in [7, 11) is 1.88. The van der Waals surface area contributed by atoms with Gasteiger partial charge in [-0.2, -0.15) is 0 Å². The fourth-order valence-electron chi connectivity index (χ4n) is 1.33. The Hall–Kier alpha value is -1.25. The van der Waals surface area contributed by atoms with Gasteiger partial charge in [-0.1, -0.05) is 13.8 Å². The molecule has 0 aliphatic carbocycles. The summed E-state index contributed by atoms with van der Waals surface area (Å²) in [5, 5.41) is 3.04. The second-order valence-corrected chi connectivity index (χ2v) is 2.48. The molecule has 0 bridgehead atoms. The van der Waals surface area contributed by atoms with E-state index in [4.69, 9.17) is 4.74 Å². The molecule has 0 saturated carbocycles. The minimum absolute atomic E-state index is 0.787. The Bertz CT molecular complexity index is 274. The molecule has 1 aliphatic heterocycles. The number of nitrogens with zero attached hydrogens (tertiary/aromatic N) is 1. The van der Waals surface area contributed by atoms with Crippen LogP contribution >= 0.6 is 0 Å². The van der Waals surface area contributed by atoms with Crippen LogP contribution in [-0.4, -0.2) is 18.6 Å². The number of hydrogen-bond acceptors (Lipinski definition) is 3. The molecular weight excluding hydrogens is 164 g/mol. The average molecular weight is 180 g/mol. The molecule has 0 atom stereocenters. The van der Waals surface area contributed by atoms with Gasteiger partial charge in [-0.05, 0) is 6.07 Å². The van der Waals surface area contributed by atoms with Crippen molar-refractivity contribution >= 4 is 5.82 Å². The van der Waals surface area contributed by atoms with Crippen LogP contribution in [-0.2, 0) is 6.42 Å². The Morgan fingerprint density at radius 3 is 2.92 bits per heavy atom. The molecule has 0 radical (unpaired) electrons. The van der Waals surface area contributed by atoms with E-state index in [2.05, 4.69) is 10.3 Å². The van der Waals surface area contributed by atoms with Crippen molar-refractivity contribution in [1.29, 1.82) is 0 Å². The summed E-state index contributed by atoms with van der Waals surface area (Å²) in [6.45, 7) is 4.79. The molecule has 2 rings (SSSR count). The Morgan fingerprint density at radius 1 is 1.46 bits per heavy atom. The van der Waals surface area contributed by atoms with E-state index in [-0.39, 0.29) is 0 Å². The summed E-state index contributed by atoms with van der Waals surface area (Å²) in [6.07, 6.45) is 2.73. The average Bonchev–Trinajstić information content (AvgIpc) is 2.68. The van der Waals surface area contributed by atoms with E-state index >= 15 is 0 Å². The van der Waals surface area contributed by atoms with E-state index in [1.807, 2.05) is 27.0 Å². The topological polar surface area (TPSA) is 34.2 Å². The van der Waals surface area contributed by atoms with Gasteiger partial charge in [-0.25, -0.2) is 4.98 Å². The zero-order chi connectivity index (χ0) is 9.68. The fraction of sp³-hybridized carbons (Fsp3) is 0.500. The van der Waals surface area contributed by atoms with Gasteiger partial charge in [0.2, 0.25) is 0 Å². The molecular formula is C10H16N2O. The van der Waals surface area contributed by atoms with Crippen molar-refractivity contribution in [3.63, 3.8) is 0 Å². The number of pyridine rings is 1. The van der Waals surface area contributed by atoms with Crippen LogP contribution < -0.4 is 10.1 Å². The van der Waals surface area contributed by atoms with Gasteiger partial charge in [0.25, 0.3) is 0 Å². The molecule has 0 amide bonds. The van der Waals surface area contributed by atoms with Crippen molar-refractivity contribution in [3.8, 4) is 5.75 Å². The molecule has 0 fully saturated rings. The lowest BCUT2D eigenvalue weighted by atomic mass is 10.2. The van der Waals surface area contributed by atoms with Gasteiger partial charge in [-0.3, -0.25) is 0 Å². The van der Waals surface area contributed by atoms with Gasteiger partial charge >= 0.3 is 0 Å². The molecule has 1 aliphatic rings. The molecule has 0 spiro atoms. The molecule has 1 aromatic heterocycles. The maximum atomic E-state index is 5.36. The van der Waals surface area contributed by atoms with E-state index < -0.39 is 0 Å². The molecule has 3 nitrogen and oxygen atoms in total. The van der Waals surface area contributed by atoms with Gasteiger partial charge < -0.3 is 10.1 Å². The lowest BCUT2D eigenvalue weighted by Crippen LogP contribution is -1.95. The minimum atomic E-state index is 0.787. The van der Waals surface area contributed by atoms with Crippen LogP contribution in [0.4, 0.5) is 5.82 Å². The van der Waals surface area contributed by atoms with Crippen LogP contribution in [0, 0.1) is 0 Å². The molecule has 0 unspecified atom stereocenters. The molecule has 0 saturated heterocycles. The lowest BCUT2D eigenvalue weighted by molar-refractivity contribution is 0.356. The number of ether oxygens (including phenoxy) is 1. The third-order valence-corrected chi connectivity index (χ3v) is 1.86. The van der Waals surface area contributed by atoms with Crippen LogP contribution in [0.3, 0.4) is 0 Å². The molecule has 3 heteroatoms. The Kier molecular flexibility index (Phi) is 3.55. The fourth-order valence-corrected chi connectivity index (χ4v) is 1.33. The molecule has 1 aromatic rings. The first-order chi connectivity index (χ1) is 6.42. The van der Waals surface area contributed by atoms with Crippen LogP contribution in [0.2, 0.25) is 0 Å². The van der Waals surface area contributed by atoms with Crippen molar-refractivity contribution in [1.82, 2.24) is 4.98 Å². The number of nitrogens with one attached hydrogen (secondary N) is 1. The maximum Gasteiger partial charge on any atom is 0.132 e. The van der Waals surface area contributed by atoms with Crippen LogP contribution in [0.5, 0.6) is 5.75 Å². The first kappa shape index (κ1) is 9.84. The maximum absolute atomic E-state index is 5.36. The summed E-state index contributed by atoms with van der Waals surface area (Å²) in [5.41, 5.74) is 1.20. The monoisotopic (exact) mass is 180 g/mol. The van der Waals surface area contributed by atoms with Crippen molar-refractivity contribution in [2.45, 2.75) is 20.3 Å². The highest BCUT2D eigenvalue weighted by Gasteiger charge is 2.15. The van der Waals surface area contributed by atoms with Gasteiger partial charge in [0.05, 0.1) is 6.61 Å². The highest BCUT2D eigenvalue weighted by Crippen LogP contribution is 2.28. The second-order valence-electron chi connectivity index (χ2n) is 2.48. The van der Waals surface area contributed by atoms with E-state index in [1.54, 1.807) is 6.20 Å². The third-order valence-electron chi connectivity index (χ3n) is 1.86. The van der Waals surface area contributed by atoms with Crippen LogP contribution in [0.15, 0.2) is 12.3 Å². The summed E-state index contributed by atoms with van der Waals surface area (Å²) < 4.78 is 5.36. The molecule has 2 heterocycles. The smallest absolute Gasteiger partial charge is 0.132 e. The predicted molar refractivity (Wildman–Crippen MR) is 54.3 cm³/mol. The number of rotatable bonds is 1. The van der Waals surface area contributed by atoms with Gasteiger partial charge in [0.1, 0.15) is 11.6 Å². The highest BCUT2D eigenvalue weighted by atomic mass is 16.5. The molecule has 1 N–H and O–H groups in total. The van der Waals surface area contributed by atoms with Crippen molar-refractivity contribution < 1.29 is 4.74 Å². The van der Waals surface area contributed by atoms with Crippen LogP contribution in [0.1, 0.15) is 19.4 Å². The van der Waals surface area contributed by atoms with E-state index in [9.17, 15) is 0 Å². The number of hydrogen-bond donors (Lipinski definition) is 1. The Balaban J connectivity index is 0.000000396. The number of fused-ring (bicyclic) bond motifs is 1. The van der Waals surface area contributed by atoms with E-state index in [0.717, 1.165) is 24.6 Å². The summed E-state index contributed by atoms with van der Waals surface area (Å²) >= 11 is 0. The normalized spacial score (nSPS) is 12.2. The van der Waals surface area contributed by atoms with Crippen molar-refractivity contribution in [2.75, 3.05) is 19.0 Å². The van der Waals surface area contributed by atoms with E-state index in [1.165, 1.54) is 5.56 Å². The largest absolute Gasteiger partial charge is 0.493 e. The second kappa shape index (κ2) is 4.70. The zero-order valence-electron chi connectivity index (χ0n) is 8.42. The Labute approximate surface area is 79.1 Å². The van der Waals surface area contributed by atoms with Gasteiger partial charge in [0, 0.05) is 25.2 Å². The highest BCUT2D eigenvalue weighted by molar-refractivity contribution is 5.52. The standard InChI is InChI=1S/C8H10N2O.C2H6/c1-9-8-6-3-5-11-7(6)2-4-10-8;1-2/h2,4H,3,5H2,1H3,(H,9,10);1-2H3. The predicted octanol–water partition coefficient (Wildman–Crippen LogP) is 2.08. The third kappa shape index (κ3) is 1.91. The quantitative estimate of drug-likeness (QED) is 0.718. The van der Waals surface area contributed by atoms with Crippen molar-refractivity contribution in [3.05, 3.63) is 17.8 Å². The van der Waals surface area contributed by atoms with Crippen molar-refractivity contribution in [2.24, 2.45) is 0 Å². The first-order valence-electron chi connectivity index (χ1n) is 4.70. The van der Waals surface area contributed by atoms with Gasteiger partial charge in [-0.15, -0.1) is 0 Å². The number of anilines is 1. The number of aromatic nitrogens is 1. The minimum Gasteiger partial charge on any atom is -0.493 e. The first-order valence-corrected chi connectivity index (χ1v) is 4.70. The zero-order valence-corrected chi connectivity index (χ0v) is 8.42. The molecule has 13 heavy (non-hydrogen) atoms.